The van der Waals surface area contributed by atoms with Gasteiger partial charge in [0.25, 0.3) is 0 Å². The molecule has 0 fully saturated rings. The van der Waals surface area contributed by atoms with Gasteiger partial charge in [-0.25, -0.2) is 0 Å². The summed E-state index contributed by atoms with van der Waals surface area (Å²) in [6.07, 6.45) is 2.16. The van der Waals surface area contributed by atoms with Crippen LogP contribution in [0.5, 0.6) is 0 Å². The molecule has 0 aliphatic heterocycles. The van der Waals surface area contributed by atoms with Crippen molar-refractivity contribution in [3.63, 3.8) is 0 Å². The highest BCUT2D eigenvalue weighted by Crippen LogP contribution is 2.02. The predicted molar refractivity (Wildman–Crippen MR) is 61.2 cm³/mol. The number of likely N-dealkylation sites (N-methyl/N-ethyl adjacent to an activating group) is 1. The van der Waals surface area contributed by atoms with Crippen LogP contribution in [0.1, 0.15) is 32.0 Å². The summed E-state index contributed by atoms with van der Waals surface area (Å²) in [7, 11) is 0. The smallest absolute Gasteiger partial charge is 0.226 e. The number of aryl methyl sites for hydroxylation is 1. The molecular formula is C11H21N3O2. The highest BCUT2D eigenvalue weighted by molar-refractivity contribution is 4.87. The fourth-order valence-electron chi connectivity index (χ4n) is 1.52. The van der Waals surface area contributed by atoms with Crippen LogP contribution in [0.15, 0.2) is 4.52 Å². The predicted octanol–water partition coefficient (Wildman–Crippen LogP) is 0.879. The van der Waals surface area contributed by atoms with E-state index in [1.165, 1.54) is 0 Å². The monoisotopic (exact) mass is 227 g/mol. The van der Waals surface area contributed by atoms with E-state index >= 15 is 0 Å². The second-order valence-electron chi connectivity index (χ2n) is 3.71. The van der Waals surface area contributed by atoms with Gasteiger partial charge in [0.2, 0.25) is 5.89 Å². The van der Waals surface area contributed by atoms with Crippen molar-refractivity contribution in [3.05, 3.63) is 11.7 Å². The van der Waals surface area contributed by atoms with Crippen molar-refractivity contribution >= 4 is 0 Å². The lowest BCUT2D eigenvalue weighted by atomic mass is 10.3. The summed E-state index contributed by atoms with van der Waals surface area (Å²) >= 11 is 0. The van der Waals surface area contributed by atoms with E-state index in [2.05, 4.69) is 28.9 Å². The molecule has 0 unspecified atom stereocenters. The molecule has 0 spiro atoms. The van der Waals surface area contributed by atoms with Gasteiger partial charge < -0.3 is 14.5 Å². The van der Waals surface area contributed by atoms with Crippen molar-refractivity contribution in [2.24, 2.45) is 0 Å². The van der Waals surface area contributed by atoms with E-state index in [4.69, 9.17) is 9.63 Å². The number of rotatable bonds is 8. The molecule has 0 bridgehead atoms. The summed E-state index contributed by atoms with van der Waals surface area (Å²) in [5.41, 5.74) is 0. The zero-order valence-corrected chi connectivity index (χ0v) is 10.1. The van der Waals surface area contributed by atoms with Crippen LogP contribution < -0.4 is 0 Å². The molecule has 0 amide bonds. The molecule has 0 saturated heterocycles. The van der Waals surface area contributed by atoms with E-state index in [9.17, 15) is 0 Å². The molecule has 5 heteroatoms. The Morgan fingerprint density at radius 2 is 2.00 bits per heavy atom. The molecule has 0 saturated carbocycles. The topological polar surface area (TPSA) is 62.4 Å². The Balaban J connectivity index is 2.33. The van der Waals surface area contributed by atoms with Crippen LogP contribution >= 0.6 is 0 Å². The van der Waals surface area contributed by atoms with Crippen LogP contribution in [-0.4, -0.2) is 46.4 Å². The lowest BCUT2D eigenvalue weighted by Crippen LogP contribution is -2.25. The second kappa shape index (κ2) is 7.35. The van der Waals surface area contributed by atoms with Gasteiger partial charge >= 0.3 is 0 Å². The van der Waals surface area contributed by atoms with Crippen LogP contribution in [0.2, 0.25) is 0 Å². The number of aliphatic hydroxyl groups excluding tert-OH is 1. The van der Waals surface area contributed by atoms with E-state index in [-0.39, 0.29) is 6.61 Å². The summed E-state index contributed by atoms with van der Waals surface area (Å²) in [6, 6.07) is 0. The van der Waals surface area contributed by atoms with E-state index < -0.39 is 0 Å². The number of aliphatic hydroxyl groups is 1. The standard InChI is InChI=1S/C11H21N3O2/c1-3-14(4-2)8-7-10-12-11(16-13-10)6-5-9-15/h15H,3-9H2,1-2H3. The van der Waals surface area contributed by atoms with Gasteiger partial charge in [0, 0.05) is 26.0 Å². The lowest BCUT2D eigenvalue weighted by molar-refractivity contribution is 0.278. The van der Waals surface area contributed by atoms with Crippen LogP contribution in [0.4, 0.5) is 0 Å². The summed E-state index contributed by atoms with van der Waals surface area (Å²) in [5, 5.41) is 12.6. The Bertz CT molecular complexity index is 285. The molecule has 0 aliphatic carbocycles. The fraction of sp³-hybridized carbons (Fsp3) is 0.818. The molecular weight excluding hydrogens is 206 g/mol. The third-order valence-corrected chi connectivity index (χ3v) is 2.60. The molecule has 0 radical (unpaired) electrons. The normalized spacial score (nSPS) is 11.2. The van der Waals surface area contributed by atoms with Crippen molar-refractivity contribution in [2.75, 3.05) is 26.2 Å². The highest BCUT2D eigenvalue weighted by Gasteiger charge is 2.07. The van der Waals surface area contributed by atoms with Gasteiger partial charge in [-0.2, -0.15) is 4.98 Å². The van der Waals surface area contributed by atoms with Crippen LogP contribution in [0.3, 0.4) is 0 Å². The first-order chi connectivity index (χ1) is 7.80. The van der Waals surface area contributed by atoms with Gasteiger partial charge in [0.15, 0.2) is 5.82 Å². The molecule has 92 valence electrons. The van der Waals surface area contributed by atoms with E-state index in [0.29, 0.717) is 18.7 Å². The van der Waals surface area contributed by atoms with Gasteiger partial charge in [-0.15, -0.1) is 0 Å². The average Bonchev–Trinajstić information content (AvgIpc) is 2.76. The molecule has 5 nitrogen and oxygen atoms in total. The Kier molecular flexibility index (Phi) is 6.03. The number of hydrogen-bond acceptors (Lipinski definition) is 5. The summed E-state index contributed by atoms with van der Waals surface area (Å²) < 4.78 is 5.08. The molecule has 1 rings (SSSR count). The van der Waals surface area contributed by atoms with Gasteiger partial charge in [-0.1, -0.05) is 19.0 Å². The van der Waals surface area contributed by atoms with Gasteiger partial charge in [-0.3, -0.25) is 0 Å². The van der Waals surface area contributed by atoms with E-state index in [0.717, 1.165) is 31.9 Å². The quantitative estimate of drug-likeness (QED) is 0.714. The minimum Gasteiger partial charge on any atom is -0.396 e. The molecule has 1 heterocycles. The highest BCUT2D eigenvalue weighted by atomic mass is 16.5. The summed E-state index contributed by atoms with van der Waals surface area (Å²) in [6.45, 7) is 7.51. The molecule has 0 aliphatic rings. The minimum atomic E-state index is 0.164. The lowest BCUT2D eigenvalue weighted by Gasteiger charge is -2.16. The van der Waals surface area contributed by atoms with Crippen molar-refractivity contribution in [1.82, 2.24) is 15.0 Å². The zero-order chi connectivity index (χ0) is 11.8. The third-order valence-electron chi connectivity index (χ3n) is 2.60. The van der Waals surface area contributed by atoms with Crippen molar-refractivity contribution in [1.29, 1.82) is 0 Å². The molecule has 0 atom stereocenters. The maximum atomic E-state index is 8.68. The third kappa shape index (κ3) is 4.28. The average molecular weight is 227 g/mol. The van der Waals surface area contributed by atoms with Crippen molar-refractivity contribution < 1.29 is 9.63 Å². The largest absolute Gasteiger partial charge is 0.396 e. The zero-order valence-electron chi connectivity index (χ0n) is 10.1. The number of hydrogen-bond donors (Lipinski definition) is 1. The first kappa shape index (κ1) is 13.1. The molecule has 16 heavy (non-hydrogen) atoms. The van der Waals surface area contributed by atoms with E-state index in [1.54, 1.807) is 0 Å². The SMILES string of the molecule is CCN(CC)CCc1noc(CCCO)n1. The second-order valence-corrected chi connectivity index (χ2v) is 3.71. The maximum absolute atomic E-state index is 8.68. The molecule has 1 aromatic heterocycles. The number of nitrogens with zero attached hydrogens (tertiary/aromatic N) is 3. The van der Waals surface area contributed by atoms with E-state index in [1.807, 2.05) is 0 Å². The summed E-state index contributed by atoms with van der Waals surface area (Å²) in [5.74, 6) is 1.39. The molecule has 1 aromatic rings. The molecule has 0 aromatic carbocycles. The Morgan fingerprint density at radius 1 is 1.25 bits per heavy atom. The maximum Gasteiger partial charge on any atom is 0.226 e. The van der Waals surface area contributed by atoms with Crippen molar-refractivity contribution in [3.8, 4) is 0 Å². The van der Waals surface area contributed by atoms with Crippen LogP contribution in [0.25, 0.3) is 0 Å². The summed E-state index contributed by atoms with van der Waals surface area (Å²) in [4.78, 5) is 6.60. The van der Waals surface area contributed by atoms with Crippen LogP contribution in [-0.2, 0) is 12.8 Å². The minimum absolute atomic E-state index is 0.164. The van der Waals surface area contributed by atoms with Crippen LogP contribution in [0, 0.1) is 0 Å². The van der Waals surface area contributed by atoms with Crippen molar-refractivity contribution in [2.45, 2.75) is 33.1 Å². The first-order valence-electron chi connectivity index (χ1n) is 5.94. The Morgan fingerprint density at radius 3 is 2.62 bits per heavy atom. The number of aromatic nitrogens is 2. The van der Waals surface area contributed by atoms with Gasteiger partial charge in [0.1, 0.15) is 0 Å². The first-order valence-corrected chi connectivity index (χ1v) is 5.94. The Hall–Kier alpha value is -0.940. The van der Waals surface area contributed by atoms with Gasteiger partial charge in [-0.05, 0) is 19.5 Å². The van der Waals surface area contributed by atoms with Gasteiger partial charge in [0.05, 0.1) is 0 Å². The fourth-order valence-corrected chi connectivity index (χ4v) is 1.52. The Labute approximate surface area is 96.5 Å². The molecule has 1 N–H and O–H groups in total.